The maximum absolute atomic E-state index is 12.8. The monoisotopic (exact) mass is 358 g/mol. The van der Waals surface area contributed by atoms with Crippen LogP contribution in [0.1, 0.15) is 38.3 Å². The minimum atomic E-state index is 0.101. The zero-order valence-corrected chi connectivity index (χ0v) is 15.8. The van der Waals surface area contributed by atoms with Gasteiger partial charge in [0.05, 0.1) is 13.1 Å². The second-order valence-electron chi connectivity index (χ2n) is 7.73. The number of ether oxygens (including phenoxy) is 1. The molecule has 6 heteroatoms. The molecule has 0 unspecified atom stereocenters. The Kier molecular flexibility index (Phi) is 5.29. The maximum atomic E-state index is 12.8. The molecule has 6 nitrogen and oxygen atoms in total. The van der Waals surface area contributed by atoms with Gasteiger partial charge in [-0.05, 0) is 31.7 Å². The fourth-order valence-corrected chi connectivity index (χ4v) is 4.03. The van der Waals surface area contributed by atoms with Crippen LogP contribution in [0.3, 0.4) is 0 Å². The molecule has 0 atom stereocenters. The number of urea groups is 1. The number of rotatable bonds is 4. The van der Waals surface area contributed by atoms with Crippen molar-refractivity contribution in [1.29, 1.82) is 0 Å². The average molecular weight is 358 g/mol. The van der Waals surface area contributed by atoms with Crippen LogP contribution in [0.15, 0.2) is 18.3 Å². The lowest BCUT2D eigenvalue weighted by molar-refractivity contribution is 0.0307. The van der Waals surface area contributed by atoms with Crippen LogP contribution >= 0.6 is 0 Å². The summed E-state index contributed by atoms with van der Waals surface area (Å²) < 4.78 is 6.00. The van der Waals surface area contributed by atoms with Gasteiger partial charge in [0.15, 0.2) is 0 Å². The second-order valence-corrected chi connectivity index (χ2v) is 7.73. The fourth-order valence-electron chi connectivity index (χ4n) is 4.03. The molecule has 2 aliphatic heterocycles. The Morgan fingerprint density at radius 2 is 2.00 bits per heavy atom. The van der Waals surface area contributed by atoms with Crippen molar-refractivity contribution in [3.8, 4) is 5.75 Å². The minimum Gasteiger partial charge on any atom is -0.487 e. The summed E-state index contributed by atoms with van der Waals surface area (Å²) in [4.78, 5) is 23.6. The number of amides is 2. The Labute approximate surface area is 156 Å². The minimum absolute atomic E-state index is 0.101. The van der Waals surface area contributed by atoms with Crippen LogP contribution in [0, 0.1) is 0 Å². The first kappa shape index (κ1) is 17.6. The summed E-state index contributed by atoms with van der Waals surface area (Å²) in [6.07, 6.45) is 7.94. The van der Waals surface area contributed by atoms with Gasteiger partial charge in [-0.1, -0.05) is 13.3 Å². The highest BCUT2D eigenvalue weighted by molar-refractivity contribution is 5.75. The summed E-state index contributed by atoms with van der Waals surface area (Å²) in [6, 6.07) is 4.85. The van der Waals surface area contributed by atoms with Crippen molar-refractivity contribution in [1.82, 2.24) is 19.7 Å². The number of pyridine rings is 1. The molecule has 26 heavy (non-hydrogen) atoms. The van der Waals surface area contributed by atoms with Gasteiger partial charge in [0.1, 0.15) is 11.9 Å². The predicted octanol–water partition coefficient (Wildman–Crippen LogP) is 2.39. The van der Waals surface area contributed by atoms with Gasteiger partial charge >= 0.3 is 6.03 Å². The zero-order valence-electron chi connectivity index (χ0n) is 15.8. The van der Waals surface area contributed by atoms with E-state index in [0.717, 1.165) is 56.5 Å². The van der Waals surface area contributed by atoms with Crippen molar-refractivity contribution in [3.63, 3.8) is 0 Å². The molecule has 0 spiro atoms. The second kappa shape index (κ2) is 7.82. The first-order chi connectivity index (χ1) is 12.7. The molecule has 0 bridgehead atoms. The maximum Gasteiger partial charge on any atom is 0.320 e. The molecular formula is C20H30N4O2. The SMILES string of the molecule is CCc1cc(OC2CN(C(=O)N3CCCN(C4CCC4)CC3)C2)ccn1. The van der Waals surface area contributed by atoms with E-state index >= 15 is 0 Å². The van der Waals surface area contributed by atoms with Crippen LogP contribution in [-0.4, -0.2) is 77.1 Å². The highest BCUT2D eigenvalue weighted by atomic mass is 16.5. The molecule has 0 radical (unpaired) electrons. The fraction of sp³-hybridized carbons (Fsp3) is 0.700. The largest absolute Gasteiger partial charge is 0.487 e. The van der Waals surface area contributed by atoms with Gasteiger partial charge < -0.3 is 14.5 Å². The van der Waals surface area contributed by atoms with E-state index in [-0.39, 0.29) is 12.1 Å². The van der Waals surface area contributed by atoms with E-state index in [9.17, 15) is 4.79 Å². The van der Waals surface area contributed by atoms with E-state index in [4.69, 9.17) is 4.74 Å². The van der Waals surface area contributed by atoms with Crippen molar-refractivity contribution < 1.29 is 9.53 Å². The van der Waals surface area contributed by atoms with Crippen LogP contribution in [0.4, 0.5) is 4.79 Å². The summed E-state index contributed by atoms with van der Waals surface area (Å²) in [7, 11) is 0. The number of carbonyl (C=O) groups excluding carboxylic acids is 1. The summed E-state index contributed by atoms with van der Waals surface area (Å²) in [5.74, 6) is 0.861. The Morgan fingerprint density at radius 1 is 1.15 bits per heavy atom. The highest BCUT2D eigenvalue weighted by Gasteiger charge is 2.36. The number of hydrogen-bond donors (Lipinski definition) is 0. The molecule has 2 saturated heterocycles. The number of likely N-dealkylation sites (tertiary alicyclic amines) is 1. The zero-order chi connectivity index (χ0) is 17.9. The number of aryl methyl sites for hydroxylation is 1. The Hall–Kier alpha value is -1.82. The third-order valence-corrected chi connectivity index (χ3v) is 5.96. The molecule has 1 saturated carbocycles. The lowest BCUT2D eigenvalue weighted by Gasteiger charge is -2.41. The molecule has 0 aromatic carbocycles. The lowest BCUT2D eigenvalue weighted by Crippen LogP contribution is -2.60. The van der Waals surface area contributed by atoms with Crippen molar-refractivity contribution >= 4 is 6.03 Å². The van der Waals surface area contributed by atoms with Crippen LogP contribution in [0.5, 0.6) is 5.75 Å². The number of carbonyl (C=O) groups is 1. The van der Waals surface area contributed by atoms with Gasteiger partial charge in [-0.15, -0.1) is 0 Å². The Bertz CT molecular complexity index is 628. The topological polar surface area (TPSA) is 48.9 Å². The van der Waals surface area contributed by atoms with E-state index < -0.39 is 0 Å². The van der Waals surface area contributed by atoms with Crippen LogP contribution < -0.4 is 4.74 Å². The summed E-state index contributed by atoms with van der Waals surface area (Å²) in [5.41, 5.74) is 1.04. The smallest absolute Gasteiger partial charge is 0.320 e. The van der Waals surface area contributed by atoms with Gasteiger partial charge in [0, 0.05) is 50.2 Å². The van der Waals surface area contributed by atoms with Crippen LogP contribution in [0.2, 0.25) is 0 Å². The molecule has 1 aromatic rings. The highest BCUT2D eigenvalue weighted by Crippen LogP contribution is 2.26. The van der Waals surface area contributed by atoms with Gasteiger partial charge in [0.2, 0.25) is 0 Å². The third kappa shape index (κ3) is 3.80. The van der Waals surface area contributed by atoms with Crippen molar-refractivity contribution in [2.24, 2.45) is 0 Å². The normalized spacial score (nSPS) is 22.5. The molecule has 142 valence electrons. The molecular weight excluding hydrogens is 328 g/mol. The van der Waals surface area contributed by atoms with Crippen LogP contribution in [-0.2, 0) is 6.42 Å². The molecule has 1 aromatic heterocycles. The molecule has 4 rings (SSSR count). The van der Waals surface area contributed by atoms with Gasteiger partial charge in [-0.2, -0.15) is 0 Å². The van der Waals surface area contributed by atoms with E-state index in [1.54, 1.807) is 6.20 Å². The molecule has 3 aliphatic rings. The van der Waals surface area contributed by atoms with Crippen molar-refractivity contribution in [2.75, 3.05) is 39.3 Å². The first-order valence-corrected chi connectivity index (χ1v) is 10.1. The third-order valence-electron chi connectivity index (χ3n) is 5.96. The first-order valence-electron chi connectivity index (χ1n) is 10.1. The lowest BCUT2D eigenvalue weighted by atomic mass is 9.91. The number of aromatic nitrogens is 1. The number of hydrogen-bond acceptors (Lipinski definition) is 4. The molecule has 3 fully saturated rings. The summed E-state index contributed by atoms with van der Waals surface area (Å²) >= 11 is 0. The Morgan fingerprint density at radius 3 is 2.73 bits per heavy atom. The molecule has 1 aliphatic carbocycles. The molecule has 0 N–H and O–H groups in total. The van der Waals surface area contributed by atoms with Gasteiger partial charge in [-0.3, -0.25) is 9.88 Å². The van der Waals surface area contributed by atoms with Crippen molar-refractivity contribution in [2.45, 2.75) is 51.2 Å². The molecule has 3 heterocycles. The van der Waals surface area contributed by atoms with E-state index in [0.29, 0.717) is 13.1 Å². The van der Waals surface area contributed by atoms with Gasteiger partial charge in [-0.25, -0.2) is 4.79 Å². The van der Waals surface area contributed by atoms with Crippen molar-refractivity contribution in [3.05, 3.63) is 24.0 Å². The predicted molar refractivity (Wildman–Crippen MR) is 100 cm³/mol. The summed E-state index contributed by atoms with van der Waals surface area (Å²) in [6.45, 7) is 7.37. The van der Waals surface area contributed by atoms with Crippen LogP contribution in [0.25, 0.3) is 0 Å². The average Bonchev–Trinajstić information content (AvgIpc) is 2.82. The van der Waals surface area contributed by atoms with E-state index in [1.165, 1.54) is 19.3 Å². The summed E-state index contributed by atoms with van der Waals surface area (Å²) in [5, 5.41) is 0. The van der Waals surface area contributed by atoms with Gasteiger partial charge in [0.25, 0.3) is 0 Å². The number of nitrogens with zero attached hydrogens (tertiary/aromatic N) is 4. The standard InChI is InChI=1S/C20H30N4O2/c1-2-16-13-18(7-8-21-16)26-19-14-24(15-19)20(25)23-10-4-9-22(11-12-23)17-5-3-6-17/h7-8,13,17,19H,2-6,9-12,14-15H2,1H3. The molecule has 2 amide bonds. The Balaban J connectivity index is 1.23. The van der Waals surface area contributed by atoms with E-state index in [2.05, 4.69) is 16.8 Å². The quantitative estimate of drug-likeness (QED) is 0.829. The van der Waals surface area contributed by atoms with E-state index in [1.807, 2.05) is 21.9 Å².